The summed E-state index contributed by atoms with van der Waals surface area (Å²) in [5, 5.41) is 0. The minimum absolute atomic E-state index is 0.134. The Bertz CT molecular complexity index is 987. The molecule has 7 nitrogen and oxygen atoms in total. The first kappa shape index (κ1) is 23.2. The van der Waals surface area contributed by atoms with E-state index < -0.39 is 10.0 Å². The largest absolute Gasteiger partial charge is 0.494 e. The molecule has 0 atom stereocenters. The summed E-state index contributed by atoms with van der Waals surface area (Å²) in [6.07, 6.45) is 0. The lowest BCUT2D eigenvalue weighted by atomic mass is 10.2. The highest BCUT2D eigenvalue weighted by Crippen LogP contribution is 2.25. The predicted octanol–water partition coefficient (Wildman–Crippen LogP) is 2.36. The molecular weight excluding hydrogens is 414 g/mol. The number of hydrogen-bond acceptors (Lipinski definition) is 5. The van der Waals surface area contributed by atoms with Crippen LogP contribution >= 0.6 is 0 Å². The molecule has 1 aliphatic rings. The molecule has 3 rings (SSSR count). The molecular formula is C23H31N3O4S. The van der Waals surface area contributed by atoms with Gasteiger partial charge in [-0.3, -0.25) is 4.79 Å². The van der Waals surface area contributed by atoms with Gasteiger partial charge in [-0.2, -0.15) is 4.31 Å². The molecule has 1 amide bonds. The van der Waals surface area contributed by atoms with Gasteiger partial charge >= 0.3 is 0 Å². The van der Waals surface area contributed by atoms with Crippen LogP contribution in [-0.2, 0) is 21.4 Å². The van der Waals surface area contributed by atoms with Crippen LogP contribution in [0.1, 0.15) is 18.1 Å². The van der Waals surface area contributed by atoms with Crippen LogP contribution in [0.3, 0.4) is 0 Å². The lowest BCUT2D eigenvalue weighted by molar-refractivity contribution is -0.133. The Balaban J connectivity index is 1.87. The molecule has 1 fully saturated rings. The van der Waals surface area contributed by atoms with Gasteiger partial charge in [-0.1, -0.05) is 30.3 Å². The molecule has 0 radical (unpaired) electrons. The lowest BCUT2D eigenvalue weighted by Gasteiger charge is -2.33. The number of carbonyl (C=O) groups is 1. The van der Waals surface area contributed by atoms with Gasteiger partial charge < -0.3 is 14.5 Å². The van der Waals surface area contributed by atoms with Crippen molar-refractivity contribution in [3.8, 4) is 5.75 Å². The summed E-state index contributed by atoms with van der Waals surface area (Å²) in [5.41, 5.74) is 1.58. The van der Waals surface area contributed by atoms with Crippen molar-refractivity contribution in [3.63, 3.8) is 0 Å². The van der Waals surface area contributed by atoms with Crippen LogP contribution in [0.25, 0.3) is 0 Å². The minimum atomic E-state index is -3.88. The van der Waals surface area contributed by atoms with Gasteiger partial charge in [0.25, 0.3) is 0 Å². The fourth-order valence-electron chi connectivity index (χ4n) is 3.57. The van der Waals surface area contributed by atoms with E-state index in [2.05, 4.69) is 4.90 Å². The molecule has 2 aromatic rings. The molecule has 0 bridgehead atoms. The highest BCUT2D eigenvalue weighted by Gasteiger charge is 2.30. The Kier molecular flexibility index (Phi) is 7.69. The van der Waals surface area contributed by atoms with E-state index in [0.29, 0.717) is 25.4 Å². The Labute approximate surface area is 185 Å². The third kappa shape index (κ3) is 5.84. The van der Waals surface area contributed by atoms with Crippen molar-refractivity contribution >= 4 is 15.9 Å². The molecule has 168 valence electrons. The van der Waals surface area contributed by atoms with Crippen LogP contribution in [-0.4, -0.2) is 74.8 Å². The maximum Gasteiger partial charge on any atom is 0.243 e. The normalized spacial score (nSPS) is 15.3. The van der Waals surface area contributed by atoms with Gasteiger partial charge in [0.1, 0.15) is 5.75 Å². The van der Waals surface area contributed by atoms with E-state index in [-0.39, 0.29) is 23.9 Å². The summed E-state index contributed by atoms with van der Waals surface area (Å²) in [5.74, 6) is 0.486. The number of rotatable bonds is 8. The molecule has 2 aromatic carbocycles. The van der Waals surface area contributed by atoms with Gasteiger partial charge in [0.15, 0.2) is 0 Å². The Morgan fingerprint density at radius 1 is 1.06 bits per heavy atom. The summed E-state index contributed by atoms with van der Waals surface area (Å²) in [4.78, 5) is 17.0. The topological polar surface area (TPSA) is 70.2 Å². The number of piperazine rings is 1. The van der Waals surface area contributed by atoms with E-state index in [1.165, 1.54) is 4.31 Å². The number of likely N-dealkylation sites (N-methyl/N-ethyl adjacent to an activating group) is 1. The van der Waals surface area contributed by atoms with E-state index >= 15 is 0 Å². The fraction of sp³-hybridized carbons (Fsp3) is 0.435. The van der Waals surface area contributed by atoms with E-state index in [1.807, 2.05) is 51.2 Å². The van der Waals surface area contributed by atoms with Gasteiger partial charge in [-0.25, -0.2) is 8.42 Å². The third-order valence-electron chi connectivity index (χ3n) is 5.45. The van der Waals surface area contributed by atoms with E-state index in [1.54, 1.807) is 23.1 Å². The molecule has 1 aliphatic heterocycles. The first-order valence-corrected chi connectivity index (χ1v) is 12.0. The first-order valence-electron chi connectivity index (χ1n) is 10.5. The molecule has 8 heteroatoms. The molecule has 1 heterocycles. The summed E-state index contributed by atoms with van der Waals surface area (Å²) in [7, 11) is -1.86. The maximum atomic E-state index is 13.5. The van der Waals surface area contributed by atoms with Crippen molar-refractivity contribution in [2.75, 3.05) is 46.4 Å². The second-order valence-electron chi connectivity index (χ2n) is 7.80. The molecule has 0 unspecified atom stereocenters. The number of ether oxygens (including phenoxy) is 1. The number of benzene rings is 2. The highest BCUT2D eigenvalue weighted by molar-refractivity contribution is 7.89. The van der Waals surface area contributed by atoms with Crippen LogP contribution < -0.4 is 4.74 Å². The smallest absolute Gasteiger partial charge is 0.243 e. The van der Waals surface area contributed by atoms with Crippen molar-refractivity contribution < 1.29 is 17.9 Å². The number of hydrogen-bond donors (Lipinski definition) is 0. The molecule has 1 saturated heterocycles. The van der Waals surface area contributed by atoms with Gasteiger partial charge in [-0.15, -0.1) is 0 Å². The zero-order chi connectivity index (χ0) is 22.4. The maximum absolute atomic E-state index is 13.5. The number of nitrogens with zero attached hydrogens (tertiary/aromatic N) is 3. The van der Waals surface area contributed by atoms with E-state index in [9.17, 15) is 13.2 Å². The van der Waals surface area contributed by atoms with Gasteiger partial charge in [0.2, 0.25) is 15.9 Å². The molecule has 0 spiro atoms. The van der Waals surface area contributed by atoms with Crippen LogP contribution in [0.15, 0.2) is 53.4 Å². The SMILES string of the molecule is CCOc1ccc(S(=O)(=O)N(CC(=O)N2CCN(C)CC2)Cc2ccccc2)cc1C. The molecule has 0 saturated carbocycles. The zero-order valence-electron chi connectivity index (χ0n) is 18.5. The van der Waals surface area contributed by atoms with E-state index in [4.69, 9.17) is 4.74 Å². The fourth-order valence-corrected chi connectivity index (χ4v) is 5.03. The standard InChI is InChI=1S/C23H31N3O4S/c1-4-30-22-11-10-21(16-19(22)2)31(28,29)26(17-20-8-6-5-7-9-20)18-23(27)25-14-12-24(3)13-15-25/h5-11,16H,4,12-15,17-18H2,1-3H3. The summed E-state index contributed by atoms with van der Waals surface area (Å²) in [6.45, 7) is 6.95. The molecule has 0 aromatic heterocycles. The van der Waals surface area contributed by atoms with E-state index in [0.717, 1.165) is 24.2 Å². The van der Waals surface area contributed by atoms with Crippen molar-refractivity contribution in [2.45, 2.75) is 25.3 Å². The van der Waals surface area contributed by atoms with Gasteiger partial charge in [0.05, 0.1) is 18.0 Å². The summed E-state index contributed by atoms with van der Waals surface area (Å²) >= 11 is 0. The Morgan fingerprint density at radius 2 is 1.74 bits per heavy atom. The average Bonchev–Trinajstić information content (AvgIpc) is 2.76. The first-order chi connectivity index (χ1) is 14.8. The number of sulfonamides is 1. The molecule has 0 N–H and O–H groups in total. The van der Waals surface area contributed by atoms with Gasteiger partial charge in [-0.05, 0) is 50.2 Å². The Morgan fingerprint density at radius 3 is 2.35 bits per heavy atom. The number of amides is 1. The summed E-state index contributed by atoms with van der Waals surface area (Å²) in [6, 6.07) is 14.2. The minimum Gasteiger partial charge on any atom is -0.494 e. The quantitative estimate of drug-likeness (QED) is 0.624. The van der Waals surface area contributed by atoms with Crippen LogP contribution in [0.5, 0.6) is 5.75 Å². The third-order valence-corrected chi connectivity index (χ3v) is 7.24. The lowest BCUT2D eigenvalue weighted by Crippen LogP contribution is -2.50. The van der Waals surface area contributed by atoms with Crippen molar-refractivity contribution in [1.29, 1.82) is 0 Å². The molecule has 0 aliphatic carbocycles. The summed E-state index contributed by atoms with van der Waals surface area (Å²) < 4.78 is 33.9. The second-order valence-corrected chi connectivity index (χ2v) is 9.74. The number of aryl methyl sites for hydroxylation is 1. The van der Waals surface area contributed by atoms with Crippen molar-refractivity contribution in [1.82, 2.24) is 14.1 Å². The predicted molar refractivity (Wildman–Crippen MR) is 120 cm³/mol. The monoisotopic (exact) mass is 445 g/mol. The molecule has 31 heavy (non-hydrogen) atoms. The van der Waals surface area contributed by atoms with Crippen LogP contribution in [0.4, 0.5) is 0 Å². The van der Waals surface area contributed by atoms with Crippen LogP contribution in [0.2, 0.25) is 0 Å². The van der Waals surface area contributed by atoms with Crippen molar-refractivity contribution in [2.24, 2.45) is 0 Å². The second kappa shape index (κ2) is 10.3. The highest BCUT2D eigenvalue weighted by atomic mass is 32.2. The average molecular weight is 446 g/mol. The number of carbonyl (C=O) groups excluding carboxylic acids is 1. The van der Waals surface area contributed by atoms with Crippen molar-refractivity contribution in [3.05, 3.63) is 59.7 Å². The van der Waals surface area contributed by atoms with Gasteiger partial charge in [0, 0.05) is 32.7 Å². The Hall–Kier alpha value is -2.42. The zero-order valence-corrected chi connectivity index (χ0v) is 19.3. The van der Waals surface area contributed by atoms with Crippen LogP contribution in [0, 0.1) is 6.92 Å².